The van der Waals surface area contributed by atoms with Crippen LogP contribution in [0.15, 0.2) is 18.2 Å². The molecule has 1 unspecified atom stereocenters. The molecule has 1 atom stereocenters. The maximum Gasteiger partial charge on any atom is 0.337 e. The van der Waals surface area contributed by atoms with E-state index in [1.807, 2.05) is 0 Å². The number of anilines is 1. The van der Waals surface area contributed by atoms with Gasteiger partial charge in [0.05, 0.1) is 17.2 Å². The van der Waals surface area contributed by atoms with Gasteiger partial charge in [-0.3, -0.25) is 10.1 Å². The summed E-state index contributed by atoms with van der Waals surface area (Å²) in [6, 6.07) is 3.18. The fraction of sp³-hybridized carbons (Fsp3) is 0.333. The van der Waals surface area contributed by atoms with E-state index in [0.29, 0.717) is 5.56 Å². The number of aliphatic carboxylic acids is 1. The summed E-state index contributed by atoms with van der Waals surface area (Å²) in [4.78, 5) is 32.3. The SMILES string of the molecule is Cc1ccc([N+](=O)[O-])cc1NC(=O)NCC(C)(O)C(=O)O. The molecule has 0 saturated carbocycles. The van der Waals surface area contributed by atoms with Crippen molar-refractivity contribution in [2.45, 2.75) is 19.4 Å². The molecule has 0 aliphatic carbocycles. The van der Waals surface area contributed by atoms with Gasteiger partial charge < -0.3 is 20.8 Å². The van der Waals surface area contributed by atoms with Crippen LogP contribution in [0.5, 0.6) is 0 Å². The van der Waals surface area contributed by atoms with Gasteiger partial charge in [-0.05, 0) is 19.4 Å². The third kappa shape index (κ3) is 4.42. The summed E-state index contributed by atoms with van der Waals surface area (Å²) in [5, 5.41) is 33.3. The highest BCUT2D eigenvalue weighted by molar-refractivity contribution is 5.91. The Bertz CT molecular complexity index is 584. The molecular formula is C12H15N3O6. The molecule has 4 N–H and O–H groups in total. The van der Waals surface area contributed by atoms with Gasteiger partial charge in [0, 0.05) is 12.1 Å². The van der Waals surface area contributed by atoms with Crippen molar-refractivity contribution in [1.82, 2.24) is 5.32 Å². The lowest BCUT2D eigenvalue weighted by Gasteiger charge is -2.18. The maximum absolute atomic E-state index is 11.6. The van der Waals surface area contributed by atoms with Crippen LogP contribution < -0.4 is 10.6 Å². The Hall–Kier alpha value is -2.68. The van der Waals surface area contributed by atoms with E-state index in [2.05, 4.69) is 10.6 Å². The number of rotatable bonds is 5. The number of aryl methyl sites for hydroxylation is 1. The number of carboxylic acid groups (broad SMARTS) is 1. The number of amides is 2. The van der Waals surface area contributed by atoms with Gasteiger partial charge in [0.2, 0.25) is 0 Å². The van der Waals surface area contributed by atoms with Crippen LogP contribution in [0.4, 0.5) is 16.2 Å². The summed E-state index contributed by atoms with van der Waals surface area (Å²) in [6.45, 7) is 2.17. The number of urea groups is 1. The van der Waals surface area contributed by atoms with E-state index in [1.165, 1.54) is 18.2 Å². The van der Waals surface area contributed by atoms with Crippen molar-refractivity contribution in [1.29, 1.82) is 0 Å². The minimum Gasteiger partial charge on any atom is -0.479 e. The Balaban J connectivity index is 2.73. The normalized spacial score (nSPS) is 13.1. The van der Waals surface area contributed by atoms with E-state index in [9.17, 15) is 24.8 Å². The van der Waals surface area contributed by atoms with Crippen LogP contribution in [0, 0.1) is 17.0 Å². The quantitative estimate of drug-likeness (QED) is 0.469. The Morgan fingerprint density at radius 1 is 1.43 bits per heavy atom. The number of benzene rings is 1. The Labute approximate surface area is 119 Å². The third-order valence-electron chi connectivity index (χ3n) is 2.73. The first-order chi connectivity index (χ1) is 9.63. The molecule has 0 aromatic heterocycles. The molecule has 9 heteroatoms. The van der Waals surface area contributed by atoms with E-state index >= 15 is 0 Å². The van der Waals surface area contributed by atoms with Gasteiger partial charge >= 0.3 is 12.0 Å². The standard InChI is InChI=1S/C12H15N3O6/c1-7-3-4-8(15(20)21)5-9(7)14-11(18)13-6-12(2,19)10(16)17/h3-5,19H,6H2,1-2H3,(H,16,17)(H2,13,14,18). The number of carbonyl (C=O) groups is 2. The van der Waals surface area contributed by atoms with Crippen molar-refractivity contribution in [2.75, 3.05) is 11.9 Å². The fourth-order valence-electron chi connectivity index (χ4n) is 1.35. The van der Waals surface area contributed by atoms with Gasteiger partial charge in [0.1, 0.15) is 0 Å². The zero-order valence-electron chi connectivity index (χ0n) is 11.4. The number of nitro groups is 1. The van der Waals surface area contributed by atoms with Crippen LogP contribution in [0.25, 0.3) is 0 Å². The second-order valence-corrected chi connectivity index (χ2v) is 4.64. The molecule has 0 saturated heterocycles. The number of nitrogens with zero attached hydrogens (tertiary/aromatic N) is 1. The largest absolute Gasteiger partial charge is 0.479 e. The first-order valence-corrected chi connectivity index (χ1v) is 5.89. The lowest BCUT2D eigenvalue weighted by Crippen LogP contribution is -2.47. The number of hydrogen-bond donors (Lipinski definition) is 4. The second-order valence-electron chi connectivity index (χ2n) is 4.64. The van der Waals surface area contributed by atoms with Crippen molar-refractivity contribution in [3.63, 3.8) is 0 Å². The zero-order valence-corrected chi connectivity index (χ0v) is 11.4. The minimum absolute atomic E-state index is 0.187. The molecule has 1 aromatic rings. The van der Waals surface area contributed by atoms with Crippen LogP contribution in [0.3, 0.4) is 0 Å². The molecular weight excluding hydrogens is 282 g/mol. The van der Waals surface area contributed by atoms with Gasteiger partial charge in [-0.2, -0.15) is 0 Å². The number of non-ortho nitro benzene ring substituents is 1. The Kier molecular flexibility index (Phi) is 4.82. The number of carboxylic acids is 1. The summed E-state index contributed by atoms with van der Waals surface area (Å²) in [7, 11) is 0. The predicted octanol–water partition coefficient (Wildman–Crippen LogP) is 0.860. The van der Waals surface area contributed by atoms with Gasteiger partial charge in [-0.15, -0.1) is 0 Å². The smallest absolute Gasteiger partial charge is 0.337 e. The molecule has 114 valence electrons. The molecule has 0 aliphatic rings. The molecule has 0 heterocycles. The van der Waals surface area contributed by atoms with Gasteiger partial charge in [0.15, 0.2) is 5.60 Å². The van der Waals surface area contributed by atoms with Crippen LogP contribution in [0.1, 0.15) is 12.5 Å². The Morgan fingerprint density at radius 2 is 2.05 bits per heavy atom. The molecule has 9 nitrogen and oxygen atoms in total. The summed E-state index contributed by atoms with van der Waals surface area (Å²) in [6.07, 6.45) is 0. The van der Waals surface area contributed by atoms with E-state index < -0.39 is 29.1 Å². The van der Waals surface area contributed by atoms with Crippen molar-refractivity contribution in [2.24, 2.45) is 0 Å². The van der Waals surface area contributed by atoms with Crippen LogP contribution in [-0.2, 0) is 4.79 Å². The summed E-state index contributed by atoms with van der Waals surface area (Å²) >= 11 is 0. The molecule has 0 fully saturated rings. The second kappa shape index (κ2) is 6.18. The molecule has 1 aromatic carbocycles. The lowest BCUT2D eigenvalue weighted by atomic mass is 10.1. The minimum atomic E-state index is -2.10. The number of nitrogens with one attached hydrogen (secondary N) is 2. The van der Waals surface area contributed by atoms with Gasteiger partial charge in [0.25, 0.3) is 5.69 Å². The van der Waals surface area contributed by atoms with Gasteiger partial charge in [-0.1, -0.05) is 6.07 Å². The molecule has 1 rings (SSSR count). The molecule has 21 heavy (non-hydrogen) atoms. The van der Waals surface area contributed by atoms with Gasteiger partial charge in [-0.25, -0.2) is 9.59 Å². The lowest BCUT2D eigenvalue weighted by molar-refractivity contribution is -0.384. The predicted molar refractivity (Wildman–Crippen MR) is 73.1 cm³/mol. The number of hydrogen-bond acceptors (Lipinski definition) is 5. The van der Waals surface area contributed by atoms with Crippen LogP contribution >= 0.6 is 0 Å². The average molecular weight is 297 g/mol. The van der Waals surface area contributed by atoms with E-state index in [4.69, 9.17) is 5.11 Å². The molecule has 0 radical (unpaired) electrons. The first kappa shape index (κ1) is 16.4. The highest BCUT2D eigenvalue weighted by Gasteiger charge is 2.30. The number of aliphatic hydroxyl groups is 1. The molecule has 0 spiro atoms. The highest BCUT2D eigenvalue weighted by Crippen LogP contribution is 2.21. The number of carbonyl (C=O) groups excluding carboxylic acids is 1. The first-order valence-electron chi connectivity index (χ1n) is 5.89. The third-order valence-corrected chi connectivity index (χ3v) is 2.73. The van der Waals surface area contributed by atoms with E-state index in [1.54, 1.807) is 6.92 Å². The Morgan fingerprint density at radius 3 is 2.57 bits per heavy atom. The van der Waals surface area contributed by atoms with Crippen molar-refractivity contribution >= 4 is 23.4 Å². The van der Waals surface area contributed by atoms with E-state index in [-0.39, 0.29) is 11.4 Å². The monoisotopic (exact) mass is 297 g/mol. The maximum atomic E-state index is 11.6. The number of nitro benzene ring substituents is 1. The zero-order chi connectivity index (χ0) is 16.2. The van der Waals surface area contributed by atoms with Crippen molar-refractivity contribution in [3.8, 4) is 0 Å². The van der Waals surface area contributed by atoms with Crippen LogP contribution in [0.2, 0.25) is 0 Å². The van der Waals surface area contributed by atoms with Crippen molar-refractivity contribution < 1.29 is 24.7 Å². The molecule has 2 amide bonds. The topological polar surface area (TPSA) is 142 Å². The molecule has 0 aliphatic heterocycles. The van der Waals surface area contributed by atoms with Crippen molar-refractivity contribution in [3.05, 3.63) is 33.9 Å². The highest BCUT2D eigenvalue weighted by atomic mass is 16.6. The average Bonchev–Trinajstić information content (AvgIpc) is 2.38. The van der Waals surface area contributed by atoms with E-state index in [0.717, 1.165) is 6.92 Å². The van der Waals surface area contributed by atoms with Crippen LogP contribution in [-0.4, -0.2) is 39.3 Å². The summed E-state index contributed by atoms with van der Waals surface area (Å²) < 4.78 is 0. The fourth-order valence-corrected chi connectivity index (χ4v) is 1.35. The molecule has 0 bridgehead atoms. The summed E-state index contributed by atoms with van der Waals surface area (Å²) in [5.74, 6) is -1.48. The summed E-state index contributed by atoms with van der Waals surface area (Å²) in [5.41, 5.74) is -1.47.